The molecule has 1 aliphatic rings. The van der Waals surface area contributed by atoms with Crippen LogP contribution in [0.1, 0.15) is 48.6 Å². The molecule has 0 aliphatic carbocycles. The second-order valence-electron chi connectivity index (χ2n) is 10.0. The lowest BCUT2D eigenvalue weighted by molar-refractivity contribution is -0.113. The molecule has 1 aliphatic heterocycles. The summed E-state index contributed by atoms with van der Waals surface area (Å²) in [6.07, 6.45) is 1.81. The first-order valence-corrected chi connectivity index (χ1v) is 12.3. The van der Waals surface area contributed by atoms with Gasteiger partial charge in [-0.15, -0.1) is 0 Å². The lowest BCUT2D eigenvalue weighted by Crippen LogP contribution is -2.30. The van der Waals surface area contributed by atoms with E-state index in [1.165, 1.54) is 4.90 Å². The third-order valence-corrected chi connectivity index (χ3v) is 6.46. The van der Waals surface area contributed by atoms with E-state index in [1.807, 2.05) is 55.5 Å². The van der Waals surface area contributed by atoms with E-state index in [9.17, 15) is 4.79 Å². The van der Waals surface area contributed by atoms with Gasteiger partial charge < -0.3 is 14.8 Å². The van der Waals surface area contributed by atoms with E-state index >= 15 is 0 Å². The Bertz CT molecular complexity index is 1350. The van der Waals surface area contributed by atoms with Crippen LogP contribution in [0.5, 0.6) is 11.5 Å². The molecule has 0 saturated carbocycles. The van der Waals surface area contributed by atoms with E-state index in [2.05, 4.69) is 51.2 Å². The lowest BCUT2D eigenvalue weighted by atomic mass is 9.86. The van der Waals surface area contributed by atoms with E-state index in [1.54, 1.807) is 7.11 Å². The Morgan fingerprint density at radius 3 is 2.44 bits per heavy atom. The number of ether oxygens (including phenoxy) is 2. The van der Waals surface area contributed by atoms with Crippen molar-refractivity contribution in [3.63, 3.8) is 0 Å². The molecule has 1 N–H and O–H groups in total. The summed E-state index contributed by atoms with van der Waals surface area (Å²) in [7, 11) is 1.64. The number of anilines is 1. The van der Waals surface area contributed by atoms with E-state index in [0.29, 0.717) is 17.4 Å². The monoisotopic (exact) mass is 500 g/mol. The molecule has 1 heterocycles. The number of amides is 1. The predicted octanol–water partition coefficient (Wildman–Crippen LogP) is 6.45. The molecule has 1 amide bonds. The molecule has 5 nitrogen and oxygen atoms in total. The summed E-state index contributed by atoms with van der Waals surface area (Å²) in [6.45, 7) is 10.9. The standard InChI is InChI=1S/C30H32N2O3S/c1-19-11-13-23(30(3,4)5)27(15-19)35-18-22-16-21(12-14-26(22)34-6)17-24-28(33)32(29(36)31-24)25-10-8-7-9-20(25)2/h7-17H,18H2,1-6H3,(H,31,36)/b24-17+. The fraction of sp³-hybridized carbons (Fsp3) is 0.267. The largest absolute Gasteiger partial charge is 0.496 e. The summed E-state index contributed by atoms with van der Waals surface area (Å²) < 4.78 is 11.9. The van der Waals surface area contributed by atoms with Gasteiger partial charge in [0.25, 0.3) is 5.91 Å². The van der Waals surface area contributed by atoms with E-state index < -0.39 is 0 Å². The number of para-hydroxylation sites is 1. The zero-order valence-corrected chi connectivity index (χ0v) is 22.5. The van der Waals surface area contributed by atoms with Crippen molar-refractivity contribution >= 4 is 35.0 Å². The van der Waals surface area contributed by atoms with Crippen LogP contribution in [0.2, 0.25) is 0 Å². The van der Waals surface area contributed by atoms with Crippen molar-refractivity contribution in [2.75, 3.05) is 12.0 Å². The lowest BCUT2D eigenvalue weighted by Gasteiger charge is -2.23. The smallest absolute Gasteiger partial charge is 0.281 e. The summed E-state index contributed by atoms with van der Waals surface area (Å²) in [5, 5.41) is 3.44. The Balaban J connectivity index is 1.61. The van der Waals surface area contributed by atoms with Crippen molar-refractivity contribution in [3.8, 4) is 11.5 Å². The number of methoxy groups -OCH3 is 1. The van der Waals surface area contributed by atoms with E-state index in [-0.39, 0.29) is 11.3 Å². The molecular weight excluding hydrogens is 468 g/mol. The summed E-state index contributed by atoms with van der Waals surface area (Å²) in [4.78, 5) is 14.8. The minimum absolute atomic E-state index is 0.0463. The van der Waals surface area contributed by atoms with Crippen molar-refractivity contribution in [3.05, 3.63) is 94.2 Å². The predicted molar refractivity (Wildman–Crippen MR) is 150 cm³/mol. The van der Waals surface area contributed by atoms with E-state index in [0.717, 1.165) is 45.0 Å². The molecule has 0 unspecified atom stereocenters. The van der Waals surface area contributed by atoms with Crippen LogP contribution in [0, 0.1) is 13.8 Å². The fourth-order valence-corrected chi connectivity index (χ4v) is 4.55. The summed E-state index contributed by atoms with van der Waals surface area (Å²) >= 11 is 5.48. The highest BCUT2D eigenvalue weighted by molar-refractivity contribution is 7.80. The minimum atomic E-state index is -0.183. The highest BCUT2D eigenvalue weighted by atomic mass is 32.1. The number of rotatable bonds is 6. The molecule has 1 fully saturated rings. The Morgan fingerprint density at radius 2 is 1.75 bits per heavy atom. The number of carbonyl (C=O) groups excluding carboxylic acids is 1. The Morgan fingerprint density at radius 1 is 1.00 bits per heavy atom. The quantitative estimate of drug-likeness (QED) is 0.311. The first-order chi connectivity index (χ1) is 17.1. The number of hydrogen-bond donors (Lipinski definition) is 1. The summed E-state index contributed by atoms with van der Waals surface area (Å²) in [5.74, 6) is 1.41. The Kier molecular flexibility index (Phi) is 7.18. The van der Waals surface area contributed by atoms with Gasteiger partial charge in [-0.25, -0.2) is 0 Å². The van der Waals surface area contributed by atoms with Gasteiger partial charge in [-0.3, -0.25) is 9.69 Å². The van der Waals surface area contributed by atoms with Gasteiger partial charge in [0.1, 0.15) is 23.8 Å². The molecule has 4 rings (SSSR count). The minimum Gasteiger partial charge on any atom is -0.496 e. The van der Waals surface area contributed by atoms with Crippen LogP contribution in [0.15, 0.2) is 66.4 Å². The Labute approximate surface area is 218 Å². The SMILES string of the molecule is COc1ccc(/C=C2/NC(=S)N(c3ccccc3C)C2=O)cc1COc1cc(C)ccc1C(C)(C)C. The maximum absolute atomic E-state index is 13.2. The van der Waals surface area contributed by atoms with Gasteiger partial charge in [0.05, 0.1) is 12.8 Å². The first-order valence-electron chi connectivity index (χ1n) is 11.9. The second-order valence-corrected chi connectivity index (χ2v) is 10.4. The van der Waals surface area contributed by atoms with Gasteiger partial charge >= 0.3 is 0 Å². The van der Waals surface area contributed by atoms with Gasteiger partial charge in [0.15, 0.2) is 5.11 Å². The van der Waals surface area contributed by atoms with Crippen LogP contribution in [-0.2, 0) is 16.8 Å². The number of carbonyl (C=O) groups is 1. The van der Waals surface area contributed by atoms with Crippen LogP contribution < -0.4 is 19.7 Å². The zero-order valence-electron chi connectivity index (χ0n) is 21.6. The van der Waals surface area contributed by atoms with Crippen molar-refractivity contribution < 1.29 is 14.3 Å². The molecule has 36 heavy (non-hydrogen) atoms. The molecule has 6 heteroatoms. The summed E-state index contributed by atoms with van der Waals surface area (Å²) in [5.41, 5.74) is 6.16. The average Bonchev–Trinajstić information content (AvgIpc) is 3.10. The van der Waals surface area contributed by atoms with Crippen LogP contribution >= 0.6 is 12.2 Å². The van der Waals surface area contributed by atoms with E-state index in [4.69, 9.17) is 21.7 Å². The third-order valence-electron chi connectivity index (χ3n) is 6.18. The zero-order chi connectivity index (χ0) is 26.0. The van der Waals surface area contributed by atoms with Crippen LogP contribution in [-0.4, -0.2) is 18.1 Å². The molecule has 1 saturated heterocycles. The molecule has 0 spiro atoms. The number of hydrogen-bond acceptors (Lipinski definition) is 4. The fourth-order valence-electron chi connectivity index (χ4n) is 4.26. The number of nitrogens with one attached hydrogen (secondary N) is 1. The average molecular weight is 501 g/mol. The maximum atomic E-state index is 13.2. The highest BCUT2D eigenvalue weighted by Crippen LogP contribution is 2.33. The van der Waals surface area contributed by atoms with Crippen LogP contribution in [0.3, 0.4) is 0 Å². The topological polar surface area (TPSA) is 50.8 Å². The maximum Gasteiger partial charge on any atom is 0.281 e. The number of aryl methyl sites for hydroxylation is 2. The van der Waals surface area contributed by atoms with Crippen LogP contribution in [0.4, 0.5) is 5.69 Å². The van der Waals surface area contributed by atoms with Gasteiger partial charge in [0, 0.05) is 5.56 Å². The molecular formula is C30H32N2O3S. The van der Waals surface area contributed by atoms with Gasteiger partial charge in [-0.1, -0.05) is 57.2 Å². The molecule has 0 radical (unpaired) electrons. The summed E-state index contributed by atoms with van der Waals surface area (Å²) in [6, 6.07) is 19.8. The van der Waals surface area contributed by atoms with Gasteiger partial charge in [-0.05, 0) is 84.1 Å². The first kappa shape index (κ1) is 25.5. The number of nitrogens with zero attached hydrogens (tertiary/aromatic N) is 1. The Hall–Kier alpha value is -3.64. The van der Waals surface area contributed by atoms with Crippen molar-refractivity contribution in [2.45, 2.75) is 46.6 Å². The normalized spacial score (nSPS) is 14.8. The third kappa shape index (κ3) is 5.29. The highest BCUT2D eigenvalue weighted by Gasteiger charge is 2.32. The van der Waals surface area contributed by atoms with Crippen molar-refractivity contribution in [1.82, 2.24) is 5.32 Å². The molecule has 186 valence electrons. The second kappa shape index (κ2) is 10.2. The molecule has 0 aromatic heterocycles. The molecule has 0 atom stereocenters. The van der Waals surface area contributed by atoms with Gasteiger partial charge in [0.2, 0.25) is 0 Å². The van der Waals surface area contributed by atoms with Crippen molar-refractivity contribution in [1.29, 1.82) is 0 Å². The van der Waals surface area contributed by atoms with Crippen molar-refractivity contribution in [2.24, 2.45) is 0 Å². The van der Waals surface area contributed by atoms with Gasteiger partial charge in [-0.2, -0.15) is 0 Å². The number of benzene rings is 3. The number of thiocarbonyl (C=S) groups is 1. The molecule has 3 aromatic rings. The van der Waals surface area contributed by atoms with Crippen LogP contribution in [0.25, 0.3) is 6.08 Å². The molecule has 0 bridgehead atoms. The molecule has 3 aromatic carbocycles.